The molecule has 0 bridgehead atoms. The molecule has 1 heterocycles. The molecule has 1 aliphatic heterocycles. The van der Waals surface area contributed by atoms with Gasteiger partial charge in [0.2, 0.25) is 0 Å². The quantitative estimate of drug-likeness (QED) is 0.856. The van der Waals surface area contributed by atoms with Crippen molar-refractivity contribution in [2.75, 3.05) is 13.1 Å². The van der Waals surface area contributed by atoms with Crippen molar-refractivity contribution < 1.29 is 4.39 Å². The van der Waals surface area contributed by atoms with Crippen molar-refractivity contribution in [2.24, 2.45) is 0 Å². The second kappa shape index (κ2) is 6.09. The van der Waals surface area contributed by atoms with Gasteiger partial charge >= 0.3 is 0 Å². The summed E-state index contributed by atoms with van der Waals surface area (Å²) in [5.74, 6) is -0.0360. The first-order chi connectivity index (χ1) is 9.54. The number of allylic oxidation sites excluding steroid dienone is 1. The monoisotopic (exact) mass is 275 g/mol. The molecule has 1 aromatic carbocycles. The zero-order valence-electron chi connectivity index (χ0n) is 13.0. The number of benzene rings is 1. The summed E-state index contributed by atoms with van der Waals surface area (Å²) in [6, 6.07) is 3.86. The zero-order valence-corrected chi connectivity index (χ0v) is 13.0. The van der Waals surface area contributed by atoms with Gasteiger partial charge in [-0.2, -0.15) is 0 Å². The predicted octanol–water partition coefficient (Wildman–Crippen LogP) is 4.45. The highest BCUT2D eigenvalue weighted by Gasteiger charge is 2.36. The van der Waals surface area contributed by atoms with E-state index in [2.05, 4.69) is 31.8 Å². The van der Waals surface area contributed by atoms with E-state index < -0.39 is 0 Å². The van der Waals surface area contributed by atoms with Gasteiger partial charge in [0.05, 0.1) is 0 Å². The Morgan fingerprint density at radius 2 is 1.95 bits per heavy atom. The van der Waals surface area contributed by atoms with Gasteiger partial charge in [-0.15, -0.1) is 0 Å². The van der Waals surface area contributed by atoms with Crippen LogP contribution in [0.1, 0.15) is 56.7 Å². The average Bonchev–Trinajstić information content (AvgIpc) is 2.46. The van der Waals surface area contributed by atoms with Crippen LogP contribution in [0.15, 0.2) is 18.7 Å². The smallest absolute Gasteiger partial charge is 0.127 e. The molecule has 0 amide bonds. The maximum absolute atomic E-state index is 14.8. The molecule has 0 spiro atoms. The Bertz CT molecular complexity index is 498. The Kier molecular flexibility index (Phi) is 4.64. The van der Waals surface area contributed by atoms with Gasteiger partial charge in [-0.3, -0.25) is 0 Å². The SMILES string of the molecule is C=C(C)c1cc(CC)cc(F)c1C1(CC)CCNCC1. The number of halogens is 1. The van der Waals surface area contributed by atoms with Crippen LogP contribution in [0.4, 0.5) is 4.39 Å². The van der Waals surface area contributed by atoms with Gasteiger partial charge in [-0.05, 0) is 62.9 Å². The maximum atomic E-state index is 14.8. The molecule has 20 heavy (non-hydrogen) atoms. The van der Waals surface area contributed by atoms with E-state index in [0.29, 0.717) is 0 Å². The van der Waals surface area contributed by atoms with E-state index in [1.54, 1.807) is 6.07 Å². The molecule has 1 nitrogen and oxygen atoms in total. The van der Waals surface area contributed by atoms with Crippen LogP contribution in [0, 0.1) is 5.82 Å². The van der Waals surface area contributed by atoms with Crippen LogP contribution in [-0.2, 0) is 11.8 Å². The first kappa shape index (κ1) is 15.2. The predicted molar refractivity (Wildman–Crippen MR) is 84.6 cm³/mol. The Hall–Kier alpha value is -1.15. The van der Waals surface area contributed by atoms with Crippen LogP contribution in [0.5, 0.6) is 0 Å². The standard InChI is InChI=1S/C18H26FN/c1-5-14-11-15(13(3)4)17(16(19)12-14)18(6-2)7-9-20-10-8-18/h11-12,20H,3,5-10H2,1-2,4H3. The van der Waals surface area contributed by atoms with E-state index in [-0.39, 0.29) is 11.2 Å². The highest BCUT2D eigenvalue weighted by Crippen LogP contribution is 2.42. The van der Waals surface area contributed by atoms with Crippen molar-refractivity contribution in [1.82, 2.24) is 5.32 Å². The van der Waals surface area contributed by atoms with Gasteiger partial charge in [0, 0.05) is 11.0 Å². The van der Waals surface area contributed by atoms with E-state index in [1.165, 1.54) is 0 Å². The van der Waals surface area contributed by atoms with Gasteiger partial charge < -0.3 is 5.32 Å². The van der Waals surface area contributed by atoms with Crippen LogP contribution in [-0.4, -0.2) is 13.1 Å². The van der Waals surface area contributed by atoms with Crippen LogP contribution in [0.2, 0.25) is 0 Å². The zero-order chi connectivity index (χ0) is 14.8. The van der Waals surface area contributed by atoms with Crippen LogP contribution >= 0.6 is 0 Å². The summed E-state index contributed by atoms with van der Waals surface area (Å²) >= 11 is 0. The Morgan fingerprint density at radius 3 is 2.45 bits per heavy atom. The van der Waals surface area contributed by atoms with E-state index in [0.717, 1.165) is 61.0 Å². The van der Waals surface area contributed by atoms with Crippen molar-refractivity contribution in [2.45, 2.75) is 51.9 Å². The topological polar surface area (TPSA) is 12.0 Å². The molecule has 1 fully saturated rings. The molecule has 0 aliphatic carbocycles. The summed E-state index contributed by atoms with van der Waals surface area (Å²) < 4.78 is 14.8. The van der Waals surface area contributed by atoms with E-state index in [1.807, 2.05) is 6.92 Å². The molecule has 2 rings (SSSR count). The minimum Gasteiger partial charge on any atom is -0.317 e. The molecule has 110 valence electrons. The second-order valence-electron chi connectivity index (χ2n) is 6.02. The molecule has 0 radical (unpaired) electrons. The molecule has 1 N–H and O–H groups in total. The normalized spacial score (nSPS) is 18.0. The average molecular weight is 275 g/mol. The van der Waals surface area contributed by atoms with Crippen LogP contribution in [0.25, 0.3) is 5.57 Å². The number of nitrogens with one attached hydrogen (secondary N) is 1. The van der Waals surface area contributed by atoms with Crippen molar-refractivity contribution >= 4 is 5.57 Å². The molecular weight excluding hydrogens is 249 g/mol. The van der Waals surface area contributed by atoms with Crippen LogP contribution < -0.4 is 5.32 Å². The van der Waals surface area contributed by atoms with Crippen molar-refractivity contribution in [1.29, 1.82) is 0 Å². The Labute approximate surface area is 122 Å². The van der Waals surface area contributed by atoms with Crippen molar-refractivity contribution in [3.05, 3.63) is 41.2 Å². The number of hydrogen-bond donors (Lipinski definition) is 1. The molecule has 0 aromatic heterocycles. The first-order valence-electron chi connectivity index (χ1n) is 7.73. The maximum Gasteiger partial charge on any atom is 0.127 e. The van der Waals surface area contributed by atoms with Gasteiger partial charge in [-0.25, -0.2) is 4.39 Å². The van der Waals surface area contributed by atoms with Crippen molar-refractivity contribution in [3.63, 3.8) is 0 Å². The first-order valence-corrected chi connectivity index (χ1v) is 7.73. The summed E-state index contributed by atoms with van der Waals surface area (Å²) in [6.07, 6.45) is 3.86. The molecule has 1 aromatic rings. The fraction of sp³-hybridized carbons (Fsp3) is 0.556. The molecule has 0 unspecified atom stereocenters. The third-order valence-electron chi connectivity index (χ3n) is 4.79. The van der Waals surface area contributed by atoms with E-state index in [4.69, 9.17) is 0 Å². The third-order valence-corrected chi connectivity index (χ3v) is 4.79. The largest absolute Gasteiger partial charge is 0.317 e. The molecule has 1 saturated heterocycles. The summed E-state index contributed by atoms with van der Waals surface area (Å²) in [6.45, 7) is 12.3. The molecule has 0 atom stereocenters. The van der Waals surface area contributed by atoms with E-state index >= 15 is 0 Å². The van der Waals surface area contributed by atoms with Gasteiger partial charge in [0.1, 0.15) is 5.82 Å². The summed E-state index contributed by atoms with van der Waals surface area (Å²) in [4.78, 5) is 0. The Morgan fingerprint density at radius 1 is 1.30 bits per heavy atom. The molecule has 2 heteroatoms. The number of rotatable bonds is 4. The number of piperidine rings is 1. The van der Waals surface area contributed by atoms with Crippen molar-refractivity contribution in [3.8, 4) is 0 Å². The lowest BCUT2D eigenvalue weighted by molar-refractivity contribution is 0.288. The van der Waals surface area contributed by atoms with Crippen LogP contribution in [0.3, 0.4) is 0 Å². The lowest BCUT2D eigenvalue weighted by Gasteiger charge is -2.39. The molecular formula is C18H26FN. The highest BCUT2D eigenvalue weighted by atomic mass is 19.1. The minimum atomic E-state index is -0.0360. The summed E-state index contributed by atoms with van der Waals surface area (Å²) in [5.41, 5.74) is 3.94. The summed E-state index contributed by atoms with van der Waals surface area (Å²) in [5, 5.41) is 3.39. The molecule has 1 aliphatic rings. The molecule has 0 saturated carbocycles. The minimum absolute atomic E-state index is 0.0319. The van der Waals surface area contributed by atoms with Gasteiger partial charge in [-0.1, -0.05) is 32.1 Å². The fourth-order valence-corrected chi connectivity index (χ4v) is 3.43. The lowest BCUT2D eigenvalue weighted by atomic mass is 9.68. The second-order valence-corrected chi connectivity index (χ2v) is 6.02. The summed E-state index contributed by atoms with van der Waals surface area (Å²) in [7, 11) is 0. The van der Waals surface area contributed by atoms with E-state index in [9.17, 15) is 4.39 Å². The lowest BCUT2D eigenvalue weighted by Crippen LogP contribution is -2.40. The third kappa shape index (κ3) is 2.67. The number of aryl methyl sites for hydroxylation is 1. The fourth-order valence-electron chi connectivity index (χ4n) is 3.43. The Balaban J connectivity index is 2.61. The highest BCUT2D eigenvalue weighted by molar-refractivity contribution is 5.67. The van der Waals surface area contributed by atoms with Gasteiger partial charge in [0.25, 0.3) is 0 Å². The number of hydrogen-bond acceptors (Lipinski definition) is 1. The van der Waals surface area contributed by atoms with Gasteiger partial charge in [0.15, 0.2) is 0 Å².